The second-order valence-electron chi connectivity index (χ2n) is 6.45. The van der Waals surface area contributed by atoms with Gasteiger partial charge in [0, 0.05) is 26.2 Å². The molecular weight excluding hydrogens is 408 g/mol. The van der Waals surface area contributed by atoms with Gasteiger partial charge in [-0.1, -0.05) is 34.9 Å². The third-order valence-corrected chi connectivity index (χ3v) is 7.37. The maximum atomic E-state index is 12.3. The van der Waals surface area contributed by atoms with Gasteiger partial charge >= 0.3 is 0 Å². The van der Waals surface area contributed by atoms with Crippen molar-refractivity contribution >= 4 is 46.7 Å². The van der Waals surface area contributed by atoms with E-state index in [9.17, 15) is 9.59 Å². The lowest BCUT2D eigenvalue weighted by molar-refractivity contribution is -0.135. The highest BCUT2D eigenvalue weighted by Gasteiger charge is 2.23. The summed E-state index contributed by atoms with van der Waals surface area (Å²) in [4.78, 5) is 28.2. The van der Waals surface area contributed by atoms with Gasteiger partial charge in [-0.3, -0.25) is 9.59 Å². The first-order valence-corrected chi connectivity index (χ1v) is 11.7. The van der Waals surface area contributed by atoms with Gasteiger partial charge in [0.1, 0.15) is 0 Å². The molecule has 2 aliphatic rings. The van der Waals surface area contributed by atoms with Gasteiger partial charge in [-0.05, 0) is 13.8 Å². The second-order valence-corrected chi connectivity index (χ2v) is 9.88. The van der Waals surface area contributed by atoms with E-state index in [0.717, 1.165) is 8.68 Å². The van der Waals surface area contributed by atoms with Crippen molar-refractivity contribution in [3.63, 3.8) is 0 Å². The molecule has 8 nitrogen and oxygen atoms in total. The van der Waals surface area contributed by atoms with Crippen molar-refractivity contribution in [2.75, 3.05) is 50.9 Å². The first kappa shape index (κ1) is 20.8. The van der Waals surface area contributed by atoms with Crippen molar-refractivity contribution in [2.45, 2.75) is 34.7 Å². The molecule has 150 valence electrons. The standard InChI is InChI=1S/C16H24N4O4S3/c1-11-7-19(3-5-23-11)13(21)9-25-15-17-18-16(27-15)26-10-14(22)20-4-6-24-12(2)8-20/h11-12H,3-10H2,1-2H3. The van der Waals surface area contributed by atoms with Crippen LogP contribution in [0.5, 0.6) is 0 Å². The van der Waals surface area contributed by atoms with Crippen LogP contribution in [0.15, 0.2) is 8.68 Å². The van der Waals surface area contributed by atoms with E-state index < -0.39 is 0 Å². The molecule has 0 saturated carbocycles. The Bertz CT molecular complexity index is 607. The van der Waals surface area contributed by atoms with E-state index >= 15 is 0 Å². The summed E-state index contributed by atoms with van der Waals surface area (Å²) in [5.41, 5.74) is 0. The summed E-state index contributed by atoms with van der Waals surface area (Å²) in [6.45, 7) is 7.68. The largest absolute Gasteiger partial charge is 0.375 e. The zero-order valence-electron chi connectivity index (χ0n) is 15.5. The minimum Gasteiger partial charge on any atom is -0.375 e. The van der Waals surface area contributed by atoms with Gasteiger partial charge in [-0.2, -0.15) is 0 Å². The summed E-state index contributed by atoms with van der Waals surface area (Å²) in [7, 11) is 0. The minimum absolute atomic E-state index is 0.0872. The number of aromatic nitrogens is 2. The fraction of sp³-hybridized carbons (Fsp3) is 0.750. The molecule has 2 atom stereocenters. The molecule has 0 aromatic carbocycles. The van der Waals surface area contributed by atoms with Crippen molar-refractivity contribution in [3.05, 3.63) is 0 Å². The lowest BCUT2D eigenvalue weighted by Gasteiger charge is -2.31. The SMILES string of the molecule is CC1CN(C(=O)CSc2nnc(SCC(=O)N3CCOC(C)C3)s2)CCO1. The zero-order valence-corrected chi connectivity index (χ0v) is 17.9. The Hall–Kier alpha value is -0.880. The van der Waals surface area contributed by atoms with Crippen LogP contribution in [-0.2, 0) is 19.1 Å². The van der Waals surface area contributed by atoms with E-state index in [-0.39, 0.29) is 24.0 Å². The summed E-state index contributed by atoms with van der Waals surface area (Å²) in [6.07, 6.45) is 0.174. The molecule has 2 aliphatic heterocycles. The first-order valence-electron chi connectivity index (χ1n) is 8.89. The Morgan fingerprint density at radius 3 is 1.81 bits per heavy atom. The van der Waals surface area contributed by atoms with Crippen LogP contribution in [0.25, 0.3) is 0 Å². The molecule has 2 amide bonds. The van der Waals surface area contributed by atoms with Gasteiger partial charge < -0.3 is 19.3 Å². The number of ether oxygens (including phenoxy) is 2. The molecule has 3 heterocycles. The average molecular weight is 433 g/mol. The van der Waals surface area contributed by atoms with Gasteiger partial charge in [0.25, 0.3) is 0 Å². The van der Waals surface area contributed by atoms with Crippen molar-refractivity contribution in [1.29, 1.82) is 0 Å². The molecule has 1 aromatic heterocycles. The number of hydrogen-bond acceptors (Lipinski definition) is 9. The summed E-state index contributed by atoms with van der Waals surface area (Å²) in [6, 6.07) is 0. The predicted molar refractivity (Wildman–Crippen MR) is 105 cm³/mol. The lowest BCUT2D eigenvalue weighted by atomic mass is 10.3. The highest BCUT2D eigenvalue weighted by molar-refractivity contribution is 8.03. The third kappa shape index (κ3) is 6.31. The van der Waals surface area contributed by atoms with E-state index in [1.54, 1.807) is 0 Å². The highest BCUT2D eigenvalue weighted by Crippen LogP contribution is 2.29. The normalized spacial score (nSPS) is 23.5. The topological polar surface area (TPSA) is 84.9 Å². The number of rotatable bonds is 6. The molecule has 0 bridgehead atoms. The predicted octanol–water partition coefficient (Wildman–Crippen LogP) is 1.22. The summed E-state index contributed by atoms with van der Waals surface area (Å²) >= 11 is 4.21. The van der Waals surface area contributed by atoms with E-state index in [4.69, 9.17) is 9.47 Å². The average Bonchev–Trinajstić information content (AvgIpc) is 3.12. The Morgan fingerprint density at radius 2 is 1.41 bits per heavy atom. The summed E-state index contributed by atoms with van der Waals surface area (Å²) < 4.78 is 12.4. The molecule has 27 heavy (non-hydrogen) atoms. The van der Waals surface area contributed by atoms with Crippen LogP contribution in [0.1, 0.15) is 13.8 Å². The quantitative estimate of drug-likeness (QED) is 0.621. The summed E-state index contributed by atoms with van der Waals surface area (Å²) in [5.74, 6) is 0.875. The maximum Gasteiger partial charge on any atom is 0.233 e. The van der Waals surface area contributed by atoms with E-state index in [1.807, 2.05) is 23.6 Å². The molecule has 1 aromatic rings. The number of thioether (sulfide) groups is 2. The number of carbonyl (C=O) groups is 2. The monoisotopic (exact) mass is 432 g/mol. The smallest absolute Gasteiger partial charge is 0.233 e. The van der Waals surface area contributed by atoms with E-state index in [0.29, 0.717) is 50.9 Å². The van der Waals surface area contributed by atoms with Crippen LogP contribution in [0.2, 0.25) is 0 Å². The van der Waals surface area contributed by atoms with Crippen LogP contribution in [0.4, 0.5) is 0 Å². The zero-order chi connectivity index (χ0) is 19.2. The first-order chi connectivity index (χ1) is 13.0. The number of nitrogens with zero attached hydrogens (tertiary/aromatic N) is 4. The van der Waals surface area contributed by atoms with Crippen LogP contribution in [-0.4, -0.2) is 94.9 Å². The molecule has 3 rings (SSSR count). The molecule has 0 spiro atoms. The Kier molecular flexibility index (Phi) is 7.76. The second kappa shape index (κ2) is 10.1. The number of amides is 2. The number of morpholine rings is 2. The maximum absolute atomic E-state index is 12.3. The number of hydrogen-bond donors (Lipinski definition) is 0. The van der Waals surface area contributed by atoms with Crippen molar-refractivity contribution in [2.24, 2.45) is 0 Å². The van der Waals surface area contributed by atoms with Gasteiger partial charge in [0.05, 0.1) is 36.9 Å². The summed E-state index contributed by atoms with van der Waals surface area (Å²) in [5, 5.41) is 8.24. The van der Waals surface area contributed by atoms with Crippen LogP contribution < -0.4 is 0 Å². The van der Waals surface area contributed by atoms with Gasteiger partial charge in [-0.25, -0.2) is 0 Å². The fourth-order valence-corrected chi connectivity index (χ4v) is 5.66. The molecule has 0 radical (unpaired) electrons. The van der Waals surface area contributed by atoms with E-state index in [1.165, 1.54) is 34.9 Å². The molecular formula is C16H24N4O4S3. The third-order valence-electron chi connectivity index (χ3n) is 4.21. The molecule has 2 saturated heterocycles. The molecule has 11 heteroatoms. The minimum atomic E-state index is 0.0872. The molecule has 2 unspecified atom stereocenters. The molecule has 0 aliphatic carbocycles. The fourth-order valence-electron chi connectivity index (χ4n) is 2.83. The van der Waals surface area contributed by atoms with E-state index in [2.05, 4.69) is 10.2 Å². The van der Waals surface area contributed by atoms with Gasteiger partial charge in [0.15, 0.2) is 8.68 Å². The van der Waals surface area contributed by atoms with Crippen LogP contribution >= 0.6 is 34.9 Å². The van der Waals surface area contributed by atoms with Crippen LogP contribution in [0, 0.1) is 0 Å². The molecule has 0 N–H and O–H groups in total. The van der Waals surface area contributed by atoms with Crippen molar-refractivity contribution in [3.8, 4) is 0 Å². The molecule has 2 fully saturated rings. The van der Waals surface area contributed by atoms with Crippen molar-refractivity contribution in [1.82, 2.24) is 20.0 Å². The Morgan fingerprint density at radius 1 is 0.963 bits per heavy atom. The van der Waals surface area contributed by atoms with Gasteiger partial charge in [0.2, 0.25) is 11.8 Å². The number of carbonyl (C=O) groups excluding carboxylic acids is 2. The van der Waals surface area contributed by atoms with Gasteiger partial charge in [-0.15, -0.1) is 10.2 Å². The lowest BCUT2D eigenvalue weighted by Crippen LogP contribution is -2.45. The Balaban J connectivity index is 1.40. The Labute approximate surface area is 171 Å². The van der Waals surface area contributed by atoms with Crippen molar-refractivity contribution < 1.29 is 19.1 Å². The highest BCUT2D eigenvalue weighted by atomic mass is 32.2. The van der Waals surface area contributed by atoms with Crippen LogP contribution in [0.3, 0.4) is 0 Å².